The summed E-state index contributed by atoms with van der Waals surface area (Å²) < 4.78 is 0. The van der Waals surface area contributed by atoms with Crippen LogP contribution in [0.25, 0.3) is 0 Å². The summed E-state index contributed by atoms with van der Waals surface area (Å²) in [4.78, 5) is 5.13. The van der Waals surface area contributed by atoms with E-state index in [1.165, 1.54) is 64.8 Å². The maximum absolute atomic E-state index is 3.74. The monoisotopic (exact) mass is 281 g/mol. The third kappa shape index (κ3) is 4.44. The largest absolute Gasteiger partial charge is 0.316 e. The highest BCUT2D eigenvalue weighted by molar-refractivity contribution is 4.92. The smallest absolute Gasteiger partial charge is 0.0229 e. The van der Waals surface area contributed by atoms with Crippen LogP contribution in [0.1, 0.15) is 46.0 Å². The minimum absolute atomic E-state index is 0.566. The van der Waals surface area contributed by atoms with E-state index in [-0.39, 0.29) is 0 Å². The summed E-state index contributed by atoms with van der Waals surface area (Å²) in [5.74, 6) is 0.762. The highest BCUT2D eigenvalue weighted by Crippen LogP contribution is 2.39. The topological polar surface area (TPSA) is 18.5 Å². The molecule has 2 rings (SSSR count). The average molecular weight is 281 g/mol. The zero-order chi connectivity index (χ0) is 14.6. The van der Waals surface area contributed by atoms with E-state index in [0.29, 0.717) is 5.41 Å². The van der Waals surface area contributed by atoms with E-state index >= 15 is 0 Å². The van der Waals surface area contributed by atoms with Gasteiger partial charge in [0.25, 0.3) is 0 Å². The molecular formula is C17H35N3. The van der Waals surface area contributed by atoms with Crippen LogP contribution < -0.4 is 5.32 Å². The molecule has 0 bridgehead atoms. The first-order valence-electron chi connectivity index (χ1n) is 8.60. The molecule has 20 heavy (non-hydrogen) atoms. The molecule has 1 heterocycles. The minimum Gasteiger partial charge on any atom is -0.316 e. The Morgan fingerprint density at radius 2 is 1.95 bits per heavy atom. The number of nitrogens with zero attached hydrogens (tertiary/aromatic N) is 2. The Balaban J connectivity index is 1.83. The second kappa shape index (κ2) is 7.24. The van der Waals surface area contributed by atoms with E-state index in [0.717, 1.165) is 12.0 Å². The number of rotatable bonds is 7. The number of likely N-dealkylation sites (tertiary alicyclic amines) is 1. The van der Waals surface area contributed by atoms with Crippen molar-refractivity contribution in [3.05, 3.63) is 0 Å². The maximum Gasteiger partial charge on any atom is 0.0229 e. The highest BCUT2D eigenvalue weighted by Gasteiger charge is 2.37. The first kappa shape index (κ1) is 16.3. The van der Waals surface area contributed by atoms with Crippen LogP contribution in [-0.4, -0.2) is 62.7 Å². The van der Waals surface area contributed by atoms with E-state index < -0.39 is 0 Å². The van der Waals surface area contributed by atoms with Gasteiger partial charge in [0.05, 0.1) is 0 Å². The molecule has 0 aromatic carbocycles. The van der Waals surface area contributed by atoms with Crippen molar-refractivity contribution in [2.45, 2.75) is 52.0 Å². The van der Waals surface area contributed by atoms with E-state index in [9.17, 15) is 0 Å². The van der Waals surface area contributed by atoms with Gasteiger partial charge in [-0.2, -0.15) is 0 Å². The molecule has 1 aliphatic carbocycles. The third-order valence-corrected chi connectivity index (χ3v) is 5.25. The van der Waals surface area contributed by atoms with E-state index in [1.54, 1.807) is 0 Å². The van der Waals surface area contributed by atoms with Crippen molar-refractivity contribution in [3.8, 4) is 0 Å². The summed E-state index contributed by atoms with van der Waals surface area (Å²) >= 11 is 0. The lowest BCUT2D eigenvalue weighted by Gasteiger charge is -2.34. The molecule has 0 spiro atoms. The Bertz CT molecular complexity index is 282. The van der Waals surface area contributed by atoms with E-state index in [4.69, 9.17) is 0 Å². The van der Waals surface area contributed by atoms with Crippen molar-refractivity contribution in [1.29, 1.82) is 0 Å². The summed E-state index contributed by atoms with van der Waals surface area (Å²) in [6.45, 7) is 10.9. The number of hydrogen-bond donors (Lipinski definition) is 1. The van der Waals surface area contributed by atoms with Gasteiger partial charge < -0.3 is 15.1 Å². The number of likely N-dealkylation sites (N-methyl/N-ethyl adjacent to an activating group) is 1. The molecule has 1 saturated carbocycles. The molecule has 1 aliphatic heterocycles. The fourth-order valence-electron chi connectivity index (χ4n) is 3.99. The SMILES string of the molecule is CC(C)CNCC1(CN2CCC(N(C)C)C2)CCCC1. The summed E-state index contributed by atoms with van der Waals surface area (Å²) in [7, 11) is 4.45. The molecule has 118 valence electrons. The van der Waals surface area contributed by atoms with Crippen molar-refractivity contribution in [2.75, 3.05) is 46.8 Å². The molecule has 1 atom stereocenters. The van der Waals surface area contributed by atoms with Gasteiger partial charge in [-0.15, -0.1) is 0 Å². The number of nitrogens with one attached hydrogen (secondary N) is 1. The molecule has 0 radical (unpaired) electrons. The zero-order valence-electron chi connectivity index (χ0n) is 14.1. The van der Waals surface area contributed by atoms with Crippen molar-refractivity contribution >= 4 is 0 Å². The fraction of sp³-hybridized carbons (Fsp3) is 1.00. The van der Waals surface area contributed by atoms with Crippen molar-refractivity contribution in [3.63, 3.8) is 0 Å². The van der Waals surface area contributed by atoms with E-state index in [2.05, 4.69) is 43.1 Å². The van der Waals surface area contributed by atoms with Crippen LogP contribution in [0, 0.1) is 11.3 Å². The quantitative estimate of drug-likeness (QED) is 0.773. The lowest BCUT2D eigenvalue weighted by Crippen LogP contribution is -2.43. The predicted molar refractivity (Wildman–Crippen MR) is 87.1 cm³/mol. The predicted octanol–water partition coefficient (Wildman–Crippen LogP) is 2.43. The summed E-state index contributed by atoms with van der Waals surface area (Å²) in [5, 5.41) is 3.74. The van der Waals surface area contributed by atoms with Crippen LogP contribution in [0.2, 0.25) is 0 Å². The number of hydrogen-bond acceptors (Lipinski definition) is 3. The Morgan fingerprint density at radius 3 is 2.50 bits per heavy atom. The molecule has 3 nitrogen and oxygen atoms in total. The molecule has 0 aromatic heterocycles. The minimum atomic E-state index is 0.566. The Hall–Kier alpha value is -0.120. The molecular weight excluding hydrogens is 246 g/mol. The second-order valence-electron chi connectivity index (χ2n) is 7.87. The van der Waals surface area contributed by atoms with Crippen LogP contribution in [-0.2, 0) is 0 Å². The van der Waals surface area contributed by atoms with Gasteiger partial charge in [-0.05, 0) is 57.8 Å². The van der Waals surface area contributed by atoms with Gasteiger partial charge in [0.15, 0.2) is 0 Å². The van der Waals surface area contributed by atoms with Crippen molar-refractivity contribution in [1.82, 2.24) is 15.1 Å². The highest BCUT2D eigenvalue weighted by atomic mass is 15.2. The standard InChI is InChI=1S/C17H35N3/c1-15(2)11-18-13-17(8-5-6-9-17)14-20-10-7-16(12-20)19(3)4/h15-16,18H,5-14H2,1-4H3. The van der Waals surface area contributed by atoms with E-state index in [1.807, 2.05) is 0 Å². The molecule has 3 heteroatoms. The summed E-state index contributed by atoms with van der Waals surface area (Å²) in [5.41, 5.74) is 0.566. The van der Waals surface area contributed by atoms with Gasteiger partial charge in [0.2, 0.25) is 0 Å². The Kier molecular flexibility index (Phi) is 5.88. The van der Waals surface area contributed by atoms with Gasteiger partial charge in [-0.3, -0.25) is 0 Å². The summed E-state index contributed by atoms with van der Waals surface area (Å²) in [6, 6.07) is 0.775. The molecule has 0 aromatic rings. The lowest BCUT2D eigenvalue weighted by atomic mass is 9.85. The van der Waals surface area contributed by atoms with Crippen LogP contribution >= 0.6 is 0 Å². The third-order valence-electron chi connectivity index (χ3n) is 5.25. The Morgan fingerprint density at radius 1 is 1.25 bits per heavy atom. The van der Waals surface area contributed by atoms with Crippen LogP contribution in [0.5, 0.6) is 0 Å². The normalized spacial score (nSPS) is 27.0. The van der Waals surface area contributed by atoms with Gasteiger partial charge in [0.1, 0.15) is 0 Å². The first-order chi connectivity index (χ1) is 9.51. The van der Waals surface area contributed by atoms with Crippen LogP contribution in [0.15, 0.2) is 0 Å². The molecule has 0 amide bonds. The lowest BCUT2D eigenvalue weighted by molar-refractivity contribution is 0.161. The molecule has 2 fully saturated rings. The van der Waals surface area contributed by atoms with Crippen molar-refractivity contribution in [2.24, 2.45) is 11.3 Å². The molecule has 2 aliphatic rings. The molecule has 1 unspecified atom stereocenters. The van der Waals surface area contributed by atoms with Crippen LogP contribution in [0.3, 0.4) is 0 Å². The second-order valence-corrected chi connectivity index (χ2v) is 7.87. The summed E-state index contributed by atoms with van der Waals surface area (Å²) in [6.07, 6.45) is 7.09. The van der Waals surface area contributed by atoms with Gasteiger partial charge in [-0.25, -0.2) is 0 Å². The van der Waals surface area contributed by atoms with Crippen LogP contribution in [0.4, 0.5) is 0 Å². The fourth-order valence-corrected chi connectivity index (χ4v) is 3.99. The first-order valence-corrected chi connectivity index (χ1v) is 8.60. The Labute approximate surface area is 126 Å². The van der Waals surface area contributed by atoms with Gasteiger partial charge >= 0.3 is 0 Å². The maximum atomic E-state index is 3.74. The van der Waals surface area contributed by atoms with Crippen molar-refractivity contribution < 1.29 is 0 Å². The van der Waals surface area contributed by atoms with Gasteiger partial charge in [0, 0.05) is 25.7 Å². The molecule has 1 saturated heterocycles. The van der Waals surface area contributed by atoms with Gasteiger partial charge in [-0.1, -0.05) is 26.7 Å². The zero-order valence-corrected chi connectivity index (χ0v) is 14.1. The molecule has 1 N–H and O–H groups in total. The average Bonchev–Trinajstić information content (AvgIpc) is 2.99.